The number of halogens is 5. The molecule has 0 radical (unpaired) electrons. The van der Waals surface area contributed by atoms with Gasteiger partial charge in [-0.2, -0.15) is 13.2 Å². The van der Waals surface area contributed by atoms with Gasteiger partial charge in [-0.1, -0.05) is 0 Å². The van der Waals surface area contributed by atoms with E-state index in [0.29, 0.717) is 54.8 Å². The lowest BCUT2D eigenvalue weighted by Crippen LogP contribution is -2.38. The van der Waals surface area contributed by atoms with E-state index in [9.17, 15) is 17.6 Å². The fraction of sp³-hybridized carbons (Fsp3) is 0.474. The number of aromatic nitrogens is 1. The lowest BCUT2D eigenvalue weighted by molar-refractivity contribution is -0.140. The zero-order chi connectivity index (χ0) is 21.6. The first-order valence-electron chi connectivity index (χ1n) is 9.42. The van der Waals surface area contributed by atoms with Gasteiger partial charge in [0.1, 0.15) is 11.6 Å². The Balaban J connectivity index is 0.00000341. The number of fused-ring (bicyclic) bond motifs is 1. The molecule has 0 spiro atoms. The molecule has 0 unspecified atom stereocenters. The fourth-order valence-electron chi connectivity index (χ4n) is 2.92. The molecule has 172 valence electrons. The van der Waals surface area contributed by atoms with Gasteiger partial charge in [0, 0.05) is 37.0 Å². The second-order valence-corrected chi connectivity index (χ2v) is 7.42. The molecule has 1 aliphatic heterocycles. The molecule has 31 heavy (non-hydrogen) atoms. The highest BCUT2D eigenvalue weighted by atomic mass is 127. The average Bonchev–Trinajstić information content (AvgIpc) is 3.17. The Bertz CT molecular complexity index is 892. The van der Waals surface area contributed by atoms with Crippen LogP contribution in [0.25, 0.3) is 0 Å². The summed E-state index contributed by atoms with van der Waals surface area (Å²) in [6.45, 7) is 3.74. The SMILES string of the molecule is CCNC(=NCCc1nc(C(F)(F)F)cs1)NCCc1cc(F)cc2c1OCOC2.I. The maximum Gasteiger partial charge on any atom is 0.434 e. The van der Waals surface area contributed by atoms with Crippen molar-refractivity contribution in [2.45, 2.75) is 32.5 Å². The first kappa shape index (κ1) is 25.6. The Morgan fingerprint density at radius 2 is 2.06 bits per heavy atom. The minimum absolute atomic E-state index is 0. The number of nitrogens with one attached hydrogen (secondary N) is 2. The number of aliphatic imine (C=N–C) groups is 1. The fourth-order valence-corrected chi connectivity index (χ4v) is 3.71. The van der Waals surface area contributed by atoms with E-state index in [1.807, 2.05) is 6.92 Å². The second kappa shape index (κ2) is 11.8. The predicted molar refractivity (Wildman–Crippen MR) is 121 cm³/mol. The molecule has 0 saturated carbocycles. The third-order valence-corrected chi connectivity index (χ3v) is 5.13. The summed E-state index contributed by atoms with van der Waals surface area (Å²) < 4.78 is 62.4. The Labute approximate surface area is 198 Å². The third kappa shape index (κ3) is 7.45. The Hall–Kier alpha value is -1.67. The van der Waals surface area contributed by atoms with Gasteiger partial charge < -0.3 is 20.1 Å². The normalized spacial score (nSPS) is 13.8. The van der Waals surface area contributed by atoms with Crippen LogP contribution in [0.5, 0.6) is 5.75 Å². The number of ether oxygens (including phenoxy) is 2. The van der Waals surface area contributed by atoms with Crippen LogP contribution in [-0.2, 0) is 30.4 Å². The van der Waals surface area contributed by atoms with Gasteiger partial charge in [-0.15, -0.1) is 35.3 Å². The molecule has 1 aliphatic rings. The van der Waals surface area contributed by atoms with E-state index in [4.69, 9.17) is 9.47 Å². The second-order valence-electron chi connectivity index (χ2n) is 6.48. The minimum atomic E-state index is -4.43. The quantitative estimate of drug-likeness (QED) is 0.226. The maximum atomic E-state index is 13.8. The van der Waals surface area contributed by atoms with Crippen molar-refractivity contribution in [3.05, 3.63) is 45.2 Å². The molecule has 0 atom stereocenters. The van der Waals surface area contributed by atoms with Crippen molar-refractivity contribution >= 4 is 41.3 Å². The van der Waals surface area contributed by atoms with E-state index in [-0.39, 0.29) is 43.1 Å². The van der Waals surface area contributed by atoms with Crippen LogP contribution in [0.15, 0.2) is 22.5 Å². The van der Waals surface area contributed by atoms with Crippen LogP contribution in [0.4, 0.5) is 17.6 Å². The number of thiazole rings is 1. The van der Waals surface area contributed by atoms with Crippen molar-refractivity contribution in [1.82, 2.24) is 15.6 Å². The summed E-state index contributed by atoms with van der Waals surface area (Å²) in [5.74, 6) is 0.829. The highest BCUT2D eigenvalue weighted by Gasteiger charge is 2.33. The number of guanidine groups is 1. The lowest BCUT2D eigenvalue weighted by atomic mass is 10.1. The molecular weight excluding hydrogens is 551 g/mol. The monoisotopic (exact) mass is 574 g/mol. The van der Waals surface area contributed by atoms with E-state index in [1.165, 1.54) is 12.1 Å². The average molecular weight is 574 g/mol. The summed E-state index contributed by atoms with van der Waals surface area (Å²) in [5.41, 5.74) is 0.542. The van der Waals surface area contributed by atoms with Gasteiger partial charge in [0.25, 0.3) is 0 Å². The highest BCUT2D eigenvalue weighted by molar-refractivity contribution is 14.0. The molecule has 0 amide bonds. The summed E-state index contributed by atoms with van der Waals surface area (Å²) in [4.78, 5) is 7.97. The molecule has 12 heteroatoms. The Morgan fingerprint density at radius 3 is 2.77 bits per heavy atom. The van der Waals surface area contributed by atoms with Crippen molar-refractivity contribution < 1.29 is 27.0 Å². The largest absolute Gasteiger partial charge is 0.467 e. The van der Waals surface area contributed by atoms with Gasteiger partial charge in [0.15, 0.2) is 18.4 Å². The van der Waals surface area contributed by atoms with Gasteiger partial charge in [-0.05, 0) is 31.0 Å². The maximum absolute atomic E-state index is 13.8. The number of benzene rings is 1. The molecule has 6 nitrogen and oxygen atoms in total. The van der Waals surface area contributed by atoms with Gasteiger partial charge in [0.2, 0.25) is 0 Å². The van der Waals surface area contributed by atoms with Crippen LogP contribution < -0.4 is 15.4 Å². The van der Waals surface area contributed by atoms with E-state index in [0.717, 1.165) is 22.3 Å². The topological polar surface area (TPSA) is 67.8 Å². The van der Waals surface area contributed by atoms with Crippen molar-refractivity contribution in [1.29, 1.82) is 0 Å². The van der Waals surface area contributed by atoms with Crippen LogP contribution in [0, 0.1) is 5.82 Å². The summed E-state index contributed by atoms with van der Waals surface area (Å²) in [7, 11) is 0. The van der Waals surface area contributed by atoms with Crippen molar-refractivity contribution in [3.8, 4) is 5.75 Å². The minimum Gasteiger partial charge on any atom is -0.467 e. The van der Waals surface area contributed by atoms with Crippen LogP contribution in [0.1, 0.15) is 28.8 Å². The van der Waals surface area contributed by atoms with E-state index < -0.39 is 11.9 Å². The number of hydrogen-bond acceptors (Lipinski definition) is 5. The van der Waals surface area contributed by atoms with E-state index in [2.05, 4.69) is 20.6 Å². The molecule has 2 heterocycles. The molecular formula is C19H23F4IN4O2S. The molecule has 0 aliphatic carbocycles. The summed E-state index contributed by atoms with van der Waals surface area (Å²) in [5, 5.41) is 7.61. The predicted octanol–water partition coefficient (Wildman–Crippen LogP) is 4.13. The van der Waals surface area contributed by atoms with Gasteiger partial charge in [-0.3, -0.25) is 4.99 Å². The number of alkyl halides is 3. The van der Waals surface area contributed by atoms with Crippen molar-refractivity contribution in [3.63, 3.8) is 0 Å². The molecule has 2 N–H and O–H groups in total. The van der Waals surface area contributed by atoms with E-state index >= 15 is 0 Å². The molecule has 3 rings (SSSR count). The number of rotatable bonds is 7. The third-order valence-electron chi connectivity index (χ3n) is 4.22. The summed E-state index contributed by atoms with van der Waals surface area (Å²) in [6.07, 6.45) is -3.62. The molecule has 1 aromatic carbocycles. The smallest absolute Gasteiger partial charge is 0.434 e. The molecule has 0 bridgehead atoms. The van der Waals surface area contributed by atoms with E-state index in [1.54, 1.807) is 0 Å². The highest BCUT2D eigenvalue weighted by Crippen LogP contribution is 2.30. The first-order valence-corrected chi connectivity index (χ1v) is 10.3. The van der Waals surface area contributed by atoms with Gasteiger partial charge in [-0.25, -0.2) is 9.37 Å². The van der Waals surface area contributed by atoms with Crippen LogP contribution in [-0.4, -0.2) is 37.4 Å². The summed E-state index contributed by atoms with van der Waals surface area (Å²) >= 11 is 0.970. The number of nitrogens with zero attached hydrogens (tertiary/aromatic N) is 2. The van der Waals surface area contributed by atoms with Crippen LogP contribution >= 0.6 is 35.3 Å². The van der Waals surface area contributed by atoms with Crippen molar-refractivity contribution in [2.75, 3.05) is 26.4 Å². The van der Waals surface area contributed by atoms with Crippen molar-refractivity contribution in [2.24, 2.45) is 4.99 Å². The standard InChI is InChI=1S/C19H22F4N4O2S.HI/c1-2-24-18(26-6-4-16-27-15(10-30-16)19(21,22)23)25-5-3-12-7-14(20)8-13-9-28-11-29-17(12)13;/h7-8,10H,2-6,9,11H2,1H3,(H2,24,25,26);1H. The molecule has 1 aromatic heterocycles. The first-order chi connectivity index (χ1) is 14.4. The Kier molecular flexibility index (Phi) is 9.75. The zero-order valence-electron chi connectivity index (χ0n) is 16.7. The Morgan fingerprint density at radius 1 is 1.26 bits per heavy atom. The zero-order valence-corrected chi connectivity index (χ0v) is 19.9. The van der Waals surface area contributed by atoms with Gasteiger partial charge in [0.05, 0.1) is 11.6 Å². The molecule has 2 aromatic rings. The summed E-state index contributed by atoms with van der Waals surface area (Å²) in [6, 6.07) is 2.84. The van der Waals surface area contributed by atoms with Crippen LogP contribution in [0.3, 0.4) is 0 Å². The molecule has 0 fully saturated rings. The molecule has 0 saturated heterocycles. The number of hydrogen-bond donors (Lipinski definition) is 2. The van der Waals surface area contributed by atoms with Gasteiger partial charge >= 0.3 is 6.18 Å². The lowest BCUT2D eigenvalue weighted by Gasteiger charge is -2.21. The van der Waals surface area contributed by atoms with Crippen LogP contribution in [0.2, 0.25) is 0 Å².